The van der Waals surface area contributed by atoms with Crippen molar-refractivity contribution < 1.29 is 13.9 Å². The normalized spacial score (nSPS) is 14.2. The number of ketones is 1. The molecule has 8 heteroatoms. The van der Waals surface area contributed by atoms with Crippen molar-refractivity contribution in [2.45, 2.75) is 18.6 Å². The largest absolute Gasteiger partial charge is 0.453 e. The summed E-state index contributed by atoms with van der Waals surface area (Å²) in [4.78, 5) is 15.2. The van der Waals surface area contributed by atoms with E-state index in [4.69, 9.17) is 9.15 Å². The Balaban J connectivity index is 1.39. The molecular weight excluding hydrogens is 424 g/mol. The van der Waals surface area contributed by atoms with Crippen LogP contribution in [0.4, 0.5) is 5.95 Å². The lowest BCUT2D eigenvalue weighted by Gasteiger charge is -2.28. The van der Waals surface area contributed by atoms with Crippen LogP contribution in [0.2, 0.25) is 0 Å². The third kappa shape index (κ3) is 4.16. The third-order valence-corrected chi connectivity index (χ3v) is 6.57. The molecule has 0 bridgehead atoms. The quantitative estimate of drug-likeness (QED) is 0.310. The highest BCUT2D eigenvalue weighted by molar-refractivity contribution is 7.99. The van der Waals surface area contributed by atoms with E-state index >= 15 is 0 Å². The number of carbonyl (C=O) groups excluding carboxylic acids is 1. The number of hydrogen-bond donors (Lipinski definition) is 0. The summed E-state index contributed by atoms with van der Waals surface area (Å²) in [7, 11) is 0. The Hall–Kier alpha value is -3.10. The van der Waals surface area contributed by atoms with E-state index in [1.165, 1.54) is 11.8 Å². The predicted octanol–water partition coefficient (Wildman–Crippen LogP) is 4.19. The number of ether oxygens (including phenoxy) is 1. The highest BCUT2D eigenvalue weighted by atomic mass is 32.2. The van der Waals surface area contributed by atoms with Crippen molar-refractivity contribution in [3.8, 4) is 0 Å². The molecular formula is C24H24N4O3S. The molecule has 1 fully saturated rings. The summed E-state index contributed by atoms with van der Waals surface area (Å²) >= 11 is 1.39. The van der Waals surface area contributed by atoms with Crippen molar-refractivity contribution in [2.75, 3.05) is 37.0 Å². The van der Waals surface area contributed by atoms with E-state index in [9.17, 15) is 4.79 Å². The second-order valence-corrected chi connectivity index (χ2v) is 8.66. The van der Waals surface area contributed by atoms with Crippen LogP contribution >= 0.6 is 11.8 Å². The average molecular weight is 449 g/mol. The van der Waals surface area contributed by atoms with Crippen LogP contribution in [-0.2, 0) is 11.3 Å². The second kappa shape index (κ2) is 9.18. The molecule has 5 rings (SSSR count). The van der Waals surface area contributed by atoms with Crippen molar-refractivity contribution in [3.63, 3.8) is 0 Å². The molecule has 0 aliphatic carbocycles. The number of nitrogens with zero attached hydrogens (tertiary/aromatic N) is 4. The molecule has 164 valence electrons. The van der Waals surface area contributed by atoms with E-state index in [2.05, 4.69) is 31.8 Å². The number of para-hydroxylation sites is 1. The van der Waals surface area contributed by atoms with Gasteiger partial charge in [-0.05, 0) is 18.6 Å². The fourth-order valence-electron chi connectivity index (χ4n) is 3.93. The van der Waals surface area contributed by atoms with Gasteiger partial charge in [-0.25, -0.2) is 0 Å². The van der Waals surface area contributed by atoms with Crippen LogP contribution in [0.3, 0.4) is 0 Å². The summed E-state index contributed by atoms with van der Waals surface area (Å²) in [5, 5.41) is 10.6. The Bertz CT molecular complexity index is 1230. The minimum atomic E-state index is -0.0501. The molecule has 0 saturated carbocycles. The molecule has 0 radical (unpaired) electrons. The van der Waals surface area contributed by atoms with Gasteiger partial charge in [0, 0.05) is 24.0 Å². The monoisotopic (exact) mass is 448 g/mol. The number of aromatic nitrogens is 3. The van der Waals surface area contributed by atoms with Crippen LogP contribution < -0.4 is 4.90 Å². The van der Waals surface area contributed by atoms with Gasteiger partial charge in [0.05, 0.1) is 25.5 Å². The SMILES string of the molecule is Cc1c(C(=O)CSc2nnc(N3CCOCC3)n2Cc2ccccc2)oc2ccccc12. The van der Waals surface area contributed by atoms with E-state index in [0.717, 1.165) is 46.3 Å². The van der Waals surface area contributed by atoms with Gasteiger partial charge in [0.25, 0.3) is 0 Å². The molecule has 4 aromatic rings. The second-order valence-electron chi connectivity index (χ2n) is 7.72. The van der Waals surface area contributed by atoms with Gasteiger partial charge in [0.1, 0.15) is 5.58 Å². The summed E-state index contributed by atoms with van der Waals surface area (Å²) in [5.41, 5.74) is 2.77. The van der Waals surface area contributed by atoms with E-state index in [1.54, 1.807) is 0 Å². The van der Waals surface area contributed by atoms with E-state index in [0.29, 0.717) is 25.5 Å². The lowest BCUT2D eigenvalue weighted by atomic mass is 10.1. The Morgan fingerprint density at radius 3 is 2.56 bits per heavy atom. The summed E-state index contributed by atoms with van der Waals surface area (Å²) in [6.45, 7) is 5.46. The number of Topliss-reactive ketones (excluding diaryl/α,β-unsaturated/α-hetero) is 1. The predicted molar refractivity (Wildman–Crippen MR) is 125 cm³/mol. The molecule has 2 aromatic heterocycles. The van der Waals surface area contributed by atoms with E-state index < -0.39 is 0 Å². The van der Waals surface area contributed by atoms with Gasteiger partial charge in [0.15, 0.2) is 10.9 Å². The first kappa shape index (κ1) is 20.8. The lowest BCUT2D eigenvalue weighted by Crippen LogP contribution is -2.38. The van der Waals surface area contributed by atoms with Crippen LogP contribution in [0, 0.1) is 6.92 Å². The fraction of sp³-hybridized carbons (Fsp3) is 0.292. The molecule has 3 heterocycles. The van der Waals surface area contributed by atoms with Crippen molar-refractivity contribution in [1.82, 2.24) is 14.8 Å². The van der Waals surface area contributed by atoms with Crippen molar-refractivity contribution >= 4 is 34.5 Å². The van der Waals surface area contributed by atoms with Gasteiger partial charge in [-0.1, -0.05) is 60.3 Å². The Labute approximate surface area is 190 Å². The van der Waals surface area contributed by atoms with Crippen molar-refractivity contribution in [2.24, 2.45) is 0 Å². The first-order valence-corrected chi connectivity index (χ1v) is 11.6. The first-order valence-electron chi connectivity index (χ1n) is 10.6. The summed E-state index contributed by atoms with van der Waals surface area (Å²) in [6, 6.07) is 17.9. The van der Waals surface area contributed by atoms with Gasteiger partial charge in [-0.15, -0.1) is 10.2 Å². The van der Waals surface area contributed by atoms with Gasteiger partial charge >= 0.3 is 0 Å². The zero-order valence-electron chi connectivity index (χ0n) is 17.9. The molecule has 7 nitrogen and oxygen atoms in total. The Morgan fingerprint density at radius 2 is 1.78 bits per heavy atom. The molecule has 2 aromatic carbocycles. The number of morpholine rings is 1. The number of rotatable bonds is 7. The number of benzene rings is 2. The summed E-state index contributed by atoms with van der Waals surface area (Å²) in [6.07, 6.45) is 0. The third-order valence-electron chi connectivity index (χ3n) is 5.60. The summed E-state index contributed by atoms with van der Waals surface area (Å²) < 4.78 is 13.4. The van der Waals surface area contributed by atoms with Crippen LogP contribution in [0.25, 0.3) is 11.0 Å². The number of anilines is 1. The minimum Gasteiger partial charge on any atom is -0.453 e. The number of hydrogen-bond acceptors (Lipinski definition) is 7. The van der Waals surface area contributed by atoms with Crippen molar-refractivity contribution in [1.29, 1.82) is 0 Å². The average Bonchev–Trinajstić information content (AvgIpc) is 3.40. The zero-order valence-corrected chi connectivity index (χ0v) is 18.7. The maximum absolute atomic E-state index is 13.0. The molecule has 0 spiro atoms. The van der Waals surface area contributed by atoms with Gasteiger partial charge < -0.3 is 14.1 Å². The van der Waals surface area contributed by atoms with Crippen LogP contribution in [-0.4, -0.2) is 52.6 Å². The van der Waals surface area contributed by atoms with Gasteiger partial charge in [-0.3, -0.25) is 9.36 Å². The molecule has 0 amide bonds. The maximum Gasteiger partial charge on any atom is 0.228 e. The van der Waals surface area contributed by atoms with Gasteiger partial charge in [-0.2, -0.15) is 0 Å². The molecule has 0 N–H and O–H groups in total. The lowest BCUT2D eigenvalue weighted by molar-refractivity contribution is 0.0993. The van der Waals surface area contributed by atoms with E-state index in [1.807, 2.05) is 49.4 Å². The molecule has 1 aliphatic heterocycles. The molecule has 1 aliphatic rings. The topological polar surface area (TPSA) is 73.4 Å². The standard InChI is InChI=1S/C24H24N4O3S/c1-17-19-9-5-6-10-21(19)31-22(17)20(29)16-32-24-26-25-23(27-11-13-30-14-12-27)28(24)15-18-7-3-2-4-8-18/h2-10H,11-16H2,1H3. The molecule has 1 saturated heterocycles. The van der Waals surface area contributed by atoms with Crippen LogP contribution in [0.15, 0.2) is 64.2 Å². The van der Waals surface area contributed by atoms with E-state index in [-0.39, 0.29) is 11.5 Å². The number of thioether (sulfide) groups is 1. The number of carbonyl (C=O) groups is 1. The number of fused-ring (bicyclic) bond motifs is 1. The number of furan rings is 1. The van der Waals surface area contributed by atoms with Crippen molar-refractivity contribution in [3.05, 3.63) is 71.5 Å². The first-order chi connectivity index (χ1) is 15.7. The van der Waals surface area contributed by atoms with Crippen LogP contribution in [0.5, 0.6) is 0 Å². The Morgan fingerprint density at radius 1 is 1.03 bits per heavy atom. The minimum absolute atomic E-state index is 0.0501. The highest BCUT2D eigenvalue weighted by Gasteiger charge is 2.23. The Kier molecular flexibility index (Phi) is 5.96. The highest BCUT2D eigenvalue weighted by Crippen LogP contribution is 2.28. The molecule has 0 unspecified atom stereocenters. The maximum atomic E-state index is 13.0. The van der Waals surface area contributed by atoms with Crippen LogP contribution in [0.1, 0.15) is 21.7 Å². The smallest absolute Gasteiger partial charge is 0.228 e. The number of aryl methyl sites for hydroxylation is 1. The van der Waals surface area contributed by atoms with Gasteiger partial charge in [0.2, 0.25) is 11.7 Å². The summed E-state index contributed by atoms with van der Waals surface area (Å²) in [5.74, 6) is 1.41. The fourth-order valence-corrected chi connectivity index (χ4v) is 4.72. The molecule has 32 heavy (non-hydrogen) atoms. The zero-order chi connectivity index (χ0) is 21.9. The molecule has 0 atom stereocenters.